The molecule has 1 saturated heterocycles. The van der Waals surface area contributed by atoms with E-state index in [1.54, 1.807) is 0 Å². The molecule has 1 atom stereocenters. The number of nitrogens with zero attached hydrogens (tertiary/aromatic N) is 1. The van der Waals surface area contributed by atoms with Crippen molar-refractivity contribution in [3.63, 3.8) is 0 Å². The van der Waals surface area contributed by atoms with E-state index in [2.05, 4.69) is 91.0 Å². The van der Waals surface area contributed by atoms with Gasteiger partial charge in [0.1, 0.15) is 23.2 Å². The lowest BCUT2D eigenvalue weighted by Crippen LogP contribution is -3.00. The zero-order chi connectivity index (χ0) is 21.1. The highest BCUT2D eigenvalue weighted by Gasteiger charge is 2.58. The predicted molar refractivity (Wildman–Crippen MR) is 132 cm³/mol. The van der Waals surface area contributed by atoms with Gasteiger partial charge in [0.15, 0.2) is 5.66 Å². The van der Waals surface area contributed by atoms with Gasteiger partial charge >= 0.3 is 0 Å². The summed E-state index contributed by atoms with van der Waals surface area (Å²) in [6.45, 7) is 0.752. The molecule has 0 N–H and O–H groups in total. The second kappa shape index (κ2) is 9.81. The summed E-state index contributed by atoms with van der Waals surface area (Å²) in [7, 11) is -2.21. The third-order valence-corrected chi connectivity index (χ3v) is 11.0. The van der Waals surface area contributed by atoms with Crippen LogP contribution < -0.4 is 37.8 Å². The molecule has 1 aliphatic heterocycles. The topological polar surface area (TPSA) is 20.3 Å². The van der Waals surface area contributed by atoms with Crippen LogP contribution in [0.5, 0.6) is 0 Å². The monoisotopic (exact) mass is 501 g/mol. The molecule has 0 aromatic heterocycles. The summed E-state index contributed by atoms with van der Waals surface area (Å²) in [6.07, 6.45) is 0.847. The third-order valence-electron chi connectivity index (χ3n) is 6.20. The van der Waals surface area contributed by atoms with Crippen LogP contribution in [0.3, 0.4) is 0 Å². The lowest BCUT2D eigenvalue weighted by molar-refractivity contribution is -0.116. The van der Waals surface area contributed by atoms with Gasteiger partial charge in [0.25, 0.3) is 5.91 Å². The largest absolute Gasteiger partial charge is 1.00 e. The standard InChI is InChI=1S/C28H25NOP.BrH/c30-28-27(21-22-29(28)23-13-5-1-6-14-23)31(24-15-7-2-8-16-24,25-17-9-3-10-18-25)26-19-11-4-12-20-26;/h1-20,27H,21-22H2;1H/q+1;/p-1/t27-;/m1./s1. The third kappa shape index (κ3) is 3.81. The van der Waals surface area contributed by atoms with E-state index in [-0.39, 0.29) is 28.5 Å². The molecule has 1 aliphatic rings. The van der Waals surface area contributed by atoms with Crippen molar-refractivity contribution in [2.24, 2.45) is 0 Å². The highest BCUT2D eigenvalue weighted by Crippen LogP contribution is 2.62. The quantitative estimate of drug-likeness (QED) is 0.382. The molecule has 1 amide bonds. The van der Waals surface area contributed by atoms with Crippen LogP contribution in [0.2, 0.25) is 0 Å². The summed E-state index contributed by atoms with van der Waals surface area (Å²) < 4.78 is 0. The minimum absolute atomic E-state index is 0. The van der Waals surface area contributed by atoms with Gasteiger partial charge in [-0.25, -0.2) is 0 Å². The fourth-order valence-corrected chi connectivity index (χ4v) is 9.74. The second-order valence-electron chi connectivity index (χ2n) is 7.86. The van der Waals surface area contributed by atoms with E-state index in [0.29, 0.717) is 0 Å². The molecule has 1 heterocycles. The van der Waals surface area contributed by atoms with Crippen LogP contribution in [0.25, 0.3) is 0 Å². The fraction of sp³-hybridized carbons (Fsp3) is 0.107. The van der Waals surface area contributed by atoms with Crippen LogP contribution in [0.15, 0.2) is 121 Å². The molecule has 0 aliphatic carbocycles. The van der Waals surface area contributed by atoms with Crippen molar-refractivity contribution in [1.82, 2.24) is 0 Å². The molecular weight excluding hydrogens is 477 g/mol. The summed E-state index contributed by atoms with van der Waals surface area (Å²) in [4.78, 5) is 16.0. The van der Waals surface area contributed by atoms with E-state index in [0.717, 1.165) is 18.7 Å². The minimum Gasteiger partial charge on any atom is -1.00 e. The van der Waals surface area contributed by atoms with Crippen molar-refractivity contribution in [1.29, 1.82) is 0 Å². The molecule has 1 fully saturated rings. The molecule has 0 saturated carbocycles. The number of carbonyl (C=O) groups is 1. The van der Waals surface area contributed by atoms with E-state index >= 15 is 0 Å². The summed E-state index contributed by atoms with van der Waals surface area (Å²) in [6, 6.07) is 42.1. The zero-order valence-corrected chi connectivity index (χ0v) is 20.2. The highest BCUT2D eigenvalue weighted by molar-refractivity contribution is 7.97. The zero-order valence-electron chi connectivity index (χ0n) is 17.7. The SMILES string of the molecule is O=C1[C@H]([P+](c2ccccc2)(c2ccccc2)c2ccccc2)CCN1c1ccccc1.[Br-]. The van der Waals surface area contributed by atoms with E-state index in [1.807, 2.05) is 35.2 Å². The maximum atomic E-state index is 14.0. The molecule has 4 aromatic rings. The van der Waals surface area contributed by atoms with E-state index in [9.17, 15) is 4.79 Å². The minimum atomic E-state index is -2.21. The first-order valence-corrected chi connectivity index (χ1v) is 12.6. The Morgan fingerprint density at radius 1 is 0.594 bits per heavy atom. The summed E-state index contributed by atoms with van der Waals surface area (Å²) in [5.74, 6) is 0.232. The average Bonchev–Trinajstić information content (AvgIpc) is 3.24. The Morgan fingerprint density at radius 3 is 1.38 bits per heavy atom. The van der Waals surface area contributed by atoms with Crippen LogP contribution in [-0.4, -0.2) is 18.1 Å². The molecule has 4 aromatic carbocycles. The summed E-state index contributed by atoms with van der Waals surface area (Å²) in [5.41, 5.74) is 0.905. The Hall–Kier alpha value is -2.74. The number of anilines is 1. The first-order chi connectivity index (χ1) is 15.3. The first-order valence-electron chi connectivity index (χ1n) is 10.7. The maximum Gasteiger partial charge on any atom is 0.268 e. The number of hydrogen-bond acceptors (Lipinski definition) is 1. The van der Waals surface area contributed by atoms with Crippen molar-refractivity contribution in [3.05, 3.63) is 121 Å². The number of halogens is 1. The number of benzene rings is 4. The van der Waals surface area contributed by atoms with Gasteiger partial charge < -0.3 is 21.9 Å². The maximum absolute atomic E-state index is 14.0. The van der Waals surface area contributed by atoms with Crippen molar-refractivity contribution < 1.29 is 21.8 Å². The molecule has 4 heteroatoms. The Labute approximate surface area is 201 Å². The first kappa shape index (κ1) is 22.5. The lowest BCUT2D eigenvalue weighted by Gasteiger charge is -2.32. The van der Waals surface area contributed by atoms with Crippen LogP contribution >= 0.6 is 7.26 Å². The molecule has 32 heavy (non-hydrogen) atoms. The normalized spacial score (nSPS) is 15.9. The van der Waals surface area contributed by atoms with Crippen molar-refractivity contribution in [2.75, 3.05) is 11.4 Å². The molecule has 5 rings (SSSR count). The van der Waals surface area contributed by atoms with Gasteiger partial charge in [-0.2, -0.15) is 0 Å². The Morgan fingerprint density at radius 2 is 0.969 bits per heavy atom. The van der Waals surface area contributed by atoms with E-state index in [4.69, 9.17) is 0 Å². The van der Waals surface area contributed by atoms with E-state index < -0.39 is 7.26 Å². The molecular formula is C28H25BrNOP. The fourth-order valence-electron chi connectivity index (χ4n) is 4.86. The van der Waals surface area contributed by atoms with Gasteiger partial charge in [0.05, 0.1) is 0 Å². The number of rotatable bonds is 5. The van der Waals surface area contributed by atoms with Crippen LogP contribution in [-0.2, 0) is 4.79 Å². The average molecular weight is 502 g/mol. The summed E-state index contributed by atoms with van der Waals surface area (Å²) >= 11 is 0. The number of carbonyl (C=O) groups excluding carboxylic acids is 1. The van der Waals surface area contributed by atoms with Gasteiger partial charge in [0, 0.05) is 18.7 Å². The van der Waals surface area contributed by atoms with Gasteiger partial charge in [-0.1, -0.05) is 72.8 Å². The van der Waals surface area contributed by atoms with Crippen LogP contribution in [0.4, 0.5) is 5.69 Å². The lowest BCUT2D eigenvalue weighted by atomic mass is 10.3. The van der Waals surface area contributed by atoms with Gasteiger partial charge in [0.2, 0.25) is 0 Å². The Kier molecular flexibility index (Phi) is 6.89. The van der Waals surface area contributed by atoms with Gasteiger partial charge in [-0.3, -0.25) is 4.79 Å². The molecule has 160 valence electrons. The molecule has 0 radical (unpaired) electrons. The van der Waals surface area contributed by atoms with Crippen molar-refractivity contribution >= 4 is 34.8 Å². The smallest absolute Gasteiger partial charge is 0.268 e. The predicted octanol–water partition coefficient (Wildman–Crippen LogP) is 1.79. The highest BCUT2D eigenvalue weighted by atomic mass is 79.9. The number of amides is 1. The van der Waals surface area contributed by atoms with Gasteiger partial charge in [-0.15, -0.1) is 0 Å². The molecule has 0 spiro atoms. The Bertz CT molecular complexity index is 1060. The molecule has 2 nitrogen and oxygen atoms in total. The molecule has 0 unspecified atom stereocenters. The number of para-hydroxylation sites is 1. The Balaban J connectivity index is 0.00000245. The van der Waals surface area contributed by atoms with Crippen molar-refractivity contribution in [3.8, 4) is 0 Å². The summed E-state index contributed by atoms with van der Waals surface area (Å²) in [5, 5.41) is 3.79. The van der Waals surface area contributed by atoms with Gasteiger partial charge in [-0.05, 0) is 48.5 Å². The van der Waals surface area contributed by atoms with E-state index in [1.165, 1.54) is 15.9 Å². The number of hydrogen-bond donors (Lipinski definition) is 0. The van der Waals surface area contributed by atoms with Crippen LogP contribution in [0.1, 0.15) is 6.42 Å². The van der Waals surface area contributed by atoms with Crippen molar-refractivity contribution in [2.45, 2.75) is 12.1 Å². The second-order valence-corrected chi connectivity index (χ2v) is 11.5. The molecule has 0 bridgehead atoms. The van der Waals surface area contributed by atoms with Crippen LogP contribution in [0, 0.1) is 0 Å².